The standard InChI is InChI=1S/C14H25N/c1-8-12-9-11(13(2,3)4)10-15(12)14(5,6)7/h1,11-12H,9-10H2,2-7H3/t11?,12-/m1/s1. The molecule has 0 saturated carbocycles. The summed E-state index contributed by atoms with van der Waals surface area (Å²) in [5.74, 6) is 3.67. The van der Waals surface area contributed by atoms with E-state index >= 15 is 0 Å². The maximum Gasteiger partial charge on any atom is 0.0719 e. The van der Waals surface area contributed by atoms with Crippen LogP contribution in [0.5, 0.6) is 0 Å². The van der Waals surface area contributed by atoms with Gasteiger partial charge in [-0.15, -0.1) is 6.42 Å². The Morgan fingerprint density at radius 3 is 1.93 bits per heavy atom. The van der Waals surface area contributed by atoms with Gasteiger partial charge in [0.05, 0.1) is 6.04 Å². The van der Waals surface area contributed by atoms with Crippen LogP contribution in [-0.4, -0.2) is 23.0 Å². The predicted octanol–water partition coefficient (Wildman–Crippen LogP) is 3.15. The van der Waals surface area contributed by atoms with E-state index in [0.717, 1.165) is 18.9 Å². The normalized spacial score (nSPS) is 29.1. The third-order valence-corrected chi connectivity index (χ3v) is 3.58. The van der Waals surface area contributed by atoms with Gasteiger partial charge < -0.3 is 0 Å². The van der Waals surface area contributed by atoms with E-state index in [1.807, 2.05) is 0 Å². The Hall–Kier alpha value is -0.480. The zero-order valence-electron chi connectivity index (χ0n) is 11.1. The van der Waals surface area contributed by atoms with Crippen molar-refractivity contribution >= 4 is 0 Å². The first-order chi connectivity index (χ1) is 6.66. The molecule has 1 unspecified atom stereocenters. The Morgan fingerprint density at radius 1 is 1.13 bits per heavy atom. The third kappa shape index (κ3) is 2.75. The average molecular weight is 207 g/mol. The van der Waals surface area contributed by atoms with Crippen molar-refractivity contribution in [3.05, 3.63) is 0 Å². The number of likely N-dealkylation sites (tertiary alicyclic amines) is 1. The molecule has 0 aliphatic carbocycles. The van der Waals surface area contributed by atoms with E-state index in [1.165, 1.54) is 0 Å². The van der Waals surface area contributed by atoms with Gasteiger partial charge in [-0.1, -0.05) is 26.7 Å². The maximum absolute atomic E-state index is 5.63. The van der Waals surface area contributed by atoms with Gasteiger partial charge in [0.2, 0.25) is 0 Å². The van der Waals surface area contributed by atoms with Gasteiger partial charge in [-0.05, 0) is 38.5 Å². The van der Waals surface area contributed by atoms with Gasteiger partial charge in [0, 0.05) is 12.1 Å². The maximum atomic E-state index is 5.63. The molecule has 1 heteroatoms. The summed E-state index contributed by atoms with van der Waals surface area (Å²) in [4.78, 5) is 2.48. The fourth-order valence-electron chi connectivity index (χ4n) is 2.36. The van der Waals surface area contributed by atoms with Crippen molar-refractivity contribution in [1.82, 2.24) is 4.90 Å². The molecular weight excluding hydrogens is 182 g/mol. The van der Waals surface area contributed by atoms with Crippen LogP contribution in [0.4, 0.5) is 0 Å². The molecule has 1 saturated heterocycles. The fraction of sp³-hybridized carbons (Fsp3) is 0.857. The minimum Gasteiger partial charge on any atom is -0.285 e. The predicted molar refractivity (Wildman–Crippen MR) is 66.6 cm³/mol. The van der Waals surface area contributed by atoms with Crippen LogP contribution in [0.15, 0.2) is 0 Å². The molecule has 0 aromatic carbocycles. The minimum absolute atomic E-state index is 0.192. The summed E-state index contributed by atoms with van der Waals surface area (Å²) < 4.78 is 0. The van der Waals surface area contributed by atoms with E-state index in [4.69, 9.17) is 6.42 Å². The molecule has 15 heavy (non-hydrogen) atoms. The second-order valence-electron chi connectivity index (χ2n) is 6.80. The van der Waals surface area contributed by atoms with E-state index in [1.54, 1.807) is 0 Å². The lowest BCUT2D eigenvalue weighted by Crippen LogP contribution is -2.44. The first-order valence-electron chi connectivity index (χ1n) is 5.89. The topological polar surface area (TPSA) is 3.24 Å². The lowest BCUT2D eigenvalue weighted by molar-refractivity contribution is 0.131. The Balaban J connectivity index is 2.82. The first-order valence-corrected chi connectivity index (χ1v) is 5.89. The zero-order chi connectivity index (χ0) is 11.9. The summed E-state index contributed by atoms with van der Waals surface area (Å²) in [7, 11) is 0. The summed E-state index contributed by atoms with van der Waals surface area (Å²) in [5.41, 5.74) is 0.562. The Morgan fingerprint density at radius 2 is 1.67 bits per heavy atom. The van der Waals surface area contributed by atoms with Crippen molar-refractivity contribution in [3.8, 4) is 12.3 Å². The van der Waals surface area contributed by atoms with Crippen LogP contribution in [0.25, 0.3) is 0 Å². The van der Waals surface area contributed by atoms with E-state index < -0.39 is 0 Å². The van der Waals surface area contributed by atoms with Crippen molar-refractivity contribution in [2.75, 3.05) is 6.54 Å². The third-order valence-electron chi connectivity index (χ3n) is 3.58. The quantitative estimate of drug-likeness (QED) is 0.552. The van der Waals surface area contributed by atoms with Gasteiger partial charge in [-0.25, -0.2) is 0 Å². The molecule has 1 heterocycles. The van der Waals surface area contributed by atoms with Gasteiger partial charge in [0.1, 0.15) is 0 Å². The molecule has 0 aromatic heterocycles. The highest BCUT2D eigenvalue weighted by Crippen LogP contribution is 2.39. The molecule has 1 nitrogen and oxygen atoms in total. The lowest BCUT2D eigenvalue weighted by Gasteiger charge is -2.35. The van der Waals surface area contributed by atoms with Crippen molar-refractivity contribution in [1.29, 1.82) is 0 Å². The molecule has 1 aliphatic rings. The van der Waals surface area contributed by atoms with E-state index in [2.05, 4.69) is 52.4 Å². The summed E-state index contributed by atoms with van der Waals surface area (Å²) in [5, 5.41) is 0. The van der Waals surface area contributed by atoms with Gasteiger partial charge in [0.25, 0.3) is 0 Å². The van der Waals surface area contributed by atoms with Gasteiger partial charge >= 0.3 is 0 Å². The largest absolute Gasteiger partial charge is 0.285 e. The monoisotopic (exact) mass is 207 g/mol. The zero-order valence-corrected chi connectivity index (χ0v) is 11.1. The number of terminal acetylenes is 1. The Bertz CT molecular complexity index is 259. The molecular formula is C14H25N. The van der Waals surface area contributed by atoms with Crippen molar-refractivity contribution < 1.29 is 0 Å². The molecule has 1 rings (SSSR count). The lowest BCUT2D eigenvalue weighted by atomic mass is 9.79. The highest BCUT2D eigenvalue weighted by Gasteiger charge is 2.41. The molecule has 0 bridgehead atoms. The van der Waals surface area contributed by atoms with E-state index in [-0.39, 0.29) is 5.54 Å². The van der Waals surface area contributed by atoms with Crippen LogP contribution >= 0.6 is 0 Å². The highest BCUT2D eigenvalue weighted by molar-refractivity contribution is 5.09. The molecule has 0 radical (unpaired) electrons. The van der Waals surface area contributed by atoms with Crippen LogP contribution < -0.4 is 0 Å². The average Bonchev–Trinajstić information content (AvgIpc) is 2.44. The molecule has 1 fully saturated rings. The summed E-state index contributed by atoms with van der Waals surface area (Å²) in [6.45, 7) is 14.8. The van der Waals surface area contributed by atoms with E-state index in [0.29, 0.717) is 11.5 Å². The van der Waals surface area contributed by atoms with E-state index in [9.17, 15) is 0 Å². The number of hydrogen-bond acceptors (Lipinski definition) is 1. The van der Waals surface area contributed by atoms with Gasteiger partial charge in [0.15, 0.2) is 0 Å². The van der Waals surface area contributed by atoms with Gasteiger partial charge in [-0.3, -0.25) is 4.90 Å². The number of nitrogens with zero attached hydrogens (tertiary/aromatic N) is 1. The highest BCUT2D eigenvalue weighted by atomic mass is 15.2. The SMILES string of the molecule is C#C[C@@H]1CC(C(C)(C)C)CN1C(C)(C)C. The number of rotatable bonds is 0. The second-order valence-corrected chi connectivity index (χ2v) is 6.80. The van der Waals surface area contributed by atoms with Crippen LogP contribution in [-0.2, 0) is 0 Å². The van der Waals surface area contributed by atoms with Crippen LogP contribution in [0.3, 0.4) is 0 Å². The van der Waals surface area contributed by atoms with Crippen LogP contribution in [0, 0.1) is 23.7 Å². The first kappa shape index (κ1) is 12.6. The molecule has 0 N–H and O–H groups in total. The van der Waals surface area contributed by atoms with Crippen LogP contribution in [0.2, 0.25) is 0 Å². The molecule has 2 atom stereocenters. The fourth-order valence-corrected chi connectivity index (χ4v) is 2.36. The Labute approximate surface area is 95.2 Å². The number of hydrogen-bond donors (Lipinski definition) is 0. The second kappa shape index (κ2) is 3.83. The molecule has 0 aromatic rings. The summed E-state index contributed by atoms with van der Waals surface area (Å²) >= 11 is 0. The van der Waals surface area contributed by atoms with Gasteiger partial charge in [-0.2, -0.15) is 0 Å². The van der Waals surface area contributed by atoms with Crippen molar-refractivity contribution in [2.24, 2.45) is 11.3 Å². The molecule has 1 aliphatic heterocycles. The molecule has 0 spiro atoms. The molecule has 86 valence electrons. The van der Waals surface area contributed by atoms with Crippen molar-refractivity contribution in [2.45, 2.75) is 59.5 Å². The molecule has 0 amide bonds. The smallest absolute Gasteiger partial charge is 0.0719 e. The van der Waals surface area contributed by atoms with Crippen molar-refractivity contribution in [3.63, 3.8) is 0 Å². The summed E-state index contributed by atoms with van der Waals surface area (Å²) in [6, 6.07) is 0.328. The van der Waals surface area contributed by atoms with Crippen LogP contribution in [0.1, 0.15) is 48.0 Å². The Kier molecular flexibility index (Phi) is 3.22. The summed E-state index contributed by atoms with van der Waals surface area (Å²) in [6.07, 6.45) is 6.78. The minimum atomic E-state index is 0.192.